The number of guanidine groups is 1. The SMILES string of the molecule is CN=C(NCc1ccc(C(C)(C)C)cc1)NC1CCN(S(=O)(=O)C(F)(F)F)CC1.I. The summed E-state index contributed by atoms with van der Waals surface area (Å²) in [4.78, 5) is 4.14. The molecular formula is C19H30F3IN4O2S. The molecule has 1 aromatic carbocycles. The van der Waals surface area contributed by atoms with E-state index in [2.05, 4.69) is 48.5 Å². The Labute approximate surface area is 193 Å². The zero-order valence-electron chi connectivity index (χ0n) is 17.6. The van der Waals surface area contributed by atoms with Gasteiger partial charge in [-0.2, -0.15) is 17.5 Å². The highest BCUT2D eigenvalue weighted by Crippen LogP contribution is 2.29. The number of aliphatic imine (C=N–C) groups is 1. The first-order valence-electron chi connectivity index (χ1n) is 9.47. The fraction of sp³-hybridized carbons (Fsp3) is 0.632. The van der Waals surface area contributed by atoms with Crippen molar-refractivity contribution >= 4 is 40.0 Å². The Morgan fingerprint density at radius 1 is 1.13 bits per heavy atom. The molecule has 11 heteroatoms. The third-order valence-corrected chi connectivity index (χ3v) is 6.56. The van der Waals surface area contributed by atoms with E-state index in [1.807, 2.05) is 12.1 Å². The number of benzene rings is 1. The molecule has 172 valence electrons. The first-order valence-corrected chi connectivity index (χ1v) is 10.9. The maximum atomic E-state index is 12.7. The van der Waals surface area contributed by atoms with E-state index in [9.17, 15) is 21.6 Å². The molecule has 1 aromatic rings. The molecule has 0 saturated carbocycles. The fourth-order valence-electron chi connectivity index (χ4n) is 3.08. The van der Waals surface area contributed by atoms with Gasteiger partial charge in [-0.05, 0) is 29.4 Å². The fourth-order valence-corrected chi connectivity index (χ4v) is 4.07. The third kappa shape index (κ3) is 6.98. The monoisotopic (exact) mass is 562 g/mol. The summed E-state index contributed by atoms with van der Waals surface area (Å²) in [5, 5.41) is 6.34. The highest BCUT2D eigenvalue weighted by molar-refractivity contribution is 14.0. The molecule has 2 rings (SSSR count). The molecule has 1 aliphatic rings. The Balaban J connectivity index is 0.00000450. The number of piperidine rings is 1. The number of hydrogen-bond acceptors (Lipinski definition) is 3. The molecule has 1 saturated heterocycles. The van der Waals surface area contributed by atoms with E-state index < -0.39 is 15.5 Å². The molecule has 0 bridgehead atoms. The molecule has 0 aromatic heterocycles. The second-order valence-corrected chi connectivity index (χ2v) is 10.1. The van der Waals surface area contributed by atoms with Gasteiger partial charge in [0, 0.05) is 32.7 Å². The van der Waals surface area contributed by atoms with E-state index in [1.165, 1.54) is 5.56 Å². The van der Waals surface area contributed by atoms with Crippen LogP contribution in [0.3, 0.4) is 0 Å². The quantitative estimate of drug-likeness (QED) is 0.335. The van der Waals surface area contributed by atoms with E-state index in [1.54, 1.807) is 7.05 Å². The molecule has 2 N–H and O–H groups in total. The van der Waals surface area contributed by atoms with Crippen molar-refractivity contribution in [3.8, 4) is 0 Å². The summed E-state index contributed by atoms with van der Waals surface area (Å²) in [5.74, 6) is 0.530. The zero-order valence-corrected chi connectivity index (χ0v) is 20.7. The smallest absolute Gasteiger partial charge is 0.354 e. The molecule has 0 spiro atoms. The van der Waals surface area contributed by atoms with E-state index in [0.29, 0.717) is 16.8 Å². The van der Waals surface area contributed by atoms with E-state index in [4.69, 9.17) is 0 Å². The summed E-state index contributed by atoms with van der Waals surface area (Å²) in [5.41, 5.74) is -2.86. The summed E-state index contributed by atoms with van der Waals surface area (Å²) in [6.07, 6.45) is 0.548. The lowest BCUT2D eigenvalue weighted by Crippen LogP contribution is -2.51. The second kappa shape index (κ2) is 10.5. The molecule has 1 aliphatic heterocycles. The number of nitrogens with zero attached hydrogens (tertiary/aromatic N) is 2. The van der Waals surface area contributed by atoms with Crippen LogP contribution in [-0.4, -0.2) is 50.4 Å². The molecule has 6 nitrogen and oxygen atoms in total. The van der Waals surface area contributed by atoms with Crippen LogP contribution < -0.4 is 10.6 Å². The molecule has 1 heterocycles. The Kier molecular flexibility index (Phi) is 9.42. The van der Waals surface area contributed by atoms with Crippen molar-refractivity contribution in [1.29, 1.82) is 0 Å². The van der Waals surface area contributed by atoms with Crippen LogP contribution in [0.1, 0.15) is 44.7 Å². The van der Waals surface area contributed by atoms with Crippen molar-refractivity contribution in [1.82, 2.24) is 14.9 Å². The van der Waals surface area contributed by atoms with Gasteiger partial charge >= 0.3 is 15.5 Å². The maximum Gasteiger partial charge on any atom is 0.511 e. The van der Waals surface area contributed by atoms with Gasteiger partial charge in [0.05, 0.1) is 0 Å². The van der Waals surface area contributed by atoms with Crippen LogP contribution in [0.5, 0.6) is 0 Å². The van der Waals surface area contributed by atoms with Crippen molar-refractivity contribution in [3.63, 3.8) is 0 Å². The van der Waals surface area contributed by atoms with Gasteiger partial charge in [-0.3, -0.25) is 4.99 Å². The Morgan fingerprint density at radius 2 is 1.67 bits per heavy atom. The minimum atomic E-state index is -5.26. The van der Waals surface area contributed by atoms with Gasteiger partial charge in [0.15, 0.2) is 5.96 Å². The lowest BCUT2D eigenvalue weighted by Gasteiger charge is -2.32. The average molecular weight is 562 g/mol. The lowest BCUT2D eigenvalue weighted by molar-refractivity contribution is -0.0494. The Morgan fingerprint density at radius 3 is 2.10 bits per heavy atom. The van der Waals surface area contributed by atoms with Crippen LogP contribution in [0.15, 0.2) is 29.3 Å². The molecule has 0 atom stereocenters. The van der Waals surface area contributed by atoms with Crippen LogP contribution in [0.25, 0.3) is 0 Å². The predicted molar refractivity (Wildman–Crippen MR) is 123 cm³/mol. The predicted octanol–water partition coefficient (Wildman–Crippen LogP) is 3.58. The summed E-state index contributed by atoms with van der Waals surface area (Å²) in [6, 6.07) is 8.11. The first-order chi connectivity index (χ1) is 13.3. The average Bonchev–Trinajstić information content (AvgIpc) is 2.64. The molecule has 30 heavy (non-hydrogen) atoms. The maximum absolute atomic E-state index is 12.7. The summed E-state index contributed by atoms with van der Waals surface area (Å²) >= 11 is 0. The van der Waals surface area contributed by atoms with Crippen LogP contribution in [-0.2, 0) is 22.0 Å². The van der Waals surface area contributed by atoms with Gasteiger partial charge in [-0.15, -0.1) is 24.0 Å². The van der Waals surface area contributed by atoms with Gasteiger partial charge in [-0.1, -0.05) is 45.0 Å². The van der Waals surface area contributed by atoms with E-state index in [-0.39, 0.29) is 61.4 Å². The van der Waals surface area contributed by atoms with Crippen molar-refractivity contribution in [2.24, 2.45) is 4.99 Å². The minimum absolute atomic E-state index is 0. The second-order valence-electron chi connectivity index (χ2n) is 8.14. The van der Waals surface area contributed by atoms with Crippen molar-refractivity contribution in [2.45, 2.75) is 57.1 Å². The van der Waals surface area contributed by atoms with Gasteiger partial charge in [0.25, 0.3) is 0 Å². The number of sulfonamides is 1. The summed E-state index contributed by atoms with van der Waals surface area (Å²) in [6.45, 7) is 6.65. The van der Waals surface area contributed by atoms with Crippen molar-refractivity contribution < 1.29 is 21.6 Å². The molecular weight excluding hydrogens is 532 g/mol. The summed E-state index contributed by atoms with van der Waals surface area (Å²) < 4.78 is 61.4. The van der Waals surface area contributed by atoms with Gasteiger partial charge in [0.1, 0.15) is 0 Å². The number of hydrogen-bond donors (Lipinski definition) is 2. The highest BCUT2D eigenvalue weighted by atomic mass is 127. The Hall–Kier alpha value is -1.08. The van der Waals surface area contributed by atoms with Crippen LogP contribution in [0.4, 0.5) is 13.2 Å². The molecule has 1 fully saturated rings. The van der Waals surface area contributed by atoms with E-state index >= 15 is 0 Å². The van der Waals surface area contributed by atoms with Crippen LogP contribution >= 0.6 is 24.0 Å². The number of rotatable bonds is 4. The van der Waals surface area contributed by atoms with E-state index in [0.717, 1.165) is 5.56 Å². The van der Waals surface area contributed by atoms with Gasteiger partial charge in [0.2, 0.25) is 0 Å². The number of alkyl halides is 3. The topological polar surface area (TPSA) is 73.8 Å². The van der Waals surface area contributed by atoms with Crippen LogP contribution in [0.2, 0.25) is 0 Å². The zero-order chi connectivity index (χ0) is 21.9. The Bertz CT molecular complexity index is 814. The normalized spacial score (nSPS) is 17.4. The highest BCUT2D eigenvalue weighted by Gasteiger charge is 2.50. The standard InChI is InChI=1S/C19H29F3N4O2S.HI/c1-18(2,3)15-7-5-14(6-8-15)13-24-17(23-4)25-16-9-11-26(12-10-16)29(27,28)19(20,21)22;/h5-8,16H,9-13H2,1-4H3,(H2,23,24,25);1H. The minimum Gasteiger partial charge on any atom is -0.354 e. The van der Waals surface area contributed by atoms with Crippen LogP contribution in [0, 0.1) is 0 Å². The van der Waals surface area contributed by atoms with Crippen molar-refractivity contribution in [3.05, 3.63) is 35.4 Å². The molecule has 0 unspecified atom stereocenters. The largest absolute Gasteiger partial charge is 0.511 e. The number of nitrogens with one attached hydrogen (secondary N) is 2. The van der Waals surface area contributed by atoms with Gasteiger partial charge < -0.3 is 10.6 Å². The molecule has 0 radical (unpaired) electrons. The van der Waals surface area contributed by atoms with Gasteiger partial charge in [-0.25, -0.2) is 8.42 Å². The lowest BCUT2D eigenvalue weighted by atomic mass is 9.87. The summed E-state index contributed by atoms with van der Waals surface area (Å²) in [7, 11) is -3.65. The van der Waals surface area contributed by atoms with Crippen molar-refractivity contribution in [2.75, 3.05) is 20.1 Å². The number of halogens is 4. The third-order valence-electron chi connectivity index (χ3n) is 4.93. The first kappa shape index (κ1) is 27.0. The molecule has 0 aliphatic carbocycles. The molecule has 0 amide bonds.